The molecule has 0 bridgehead atoms. The molecule has 0 unspecified atom stereocenters. The van der Waals surface area contributed by atoms with Crippen molar-refractivity contribution in [1.82, 2.24) is 20.1 Å². The predicted molar refractivity (Wildman–Crippen MR) is 118 cm³/mol. The summed E-state index contributed by atoms with van der Waals surface area (Å²) >= 11 is 1.65. The van der Waals surface area contributed by atoms with Crippen molar-refractivity contribution in [3.8, 4) is 5.69 Å². The fourth-order valence-corrected chi connectivity index (χ4v) is 3.99. The summed E-state index contributed by atoms with van der Waals surface area (Å²) in [7, 11) is 0. The summed E-state index contributed by atoms with van der Waals surface area (Å²) in [6.45, 7) is 9.91. The zero-order valence-electron chi connectivity index (χ0n) is 17.6. The molecular formula is C23H28N4OS. The average molecular weight is 409 g/mol. The number of aryl methyl sites for hydroxylation is 2. The van der Waals surface area contributed by atoms with Crippen LogP contribution in [0.1, 0.15) is 49.3 Å². The number of thioether (sulfide) groups is 1. The summed E-state index contributed by atoms with van der Waals surface area (Å²) in [6, 6.07) is 16.4. The van der Waals surface area contributed by atoms with Crippen LogP contribution in [-0.2, 0) is 10.5 Å². The van der Waals surface area contributed by atoms with Gasteiger partial charge in [-0.3, -0.25) is 9.36 Å². The fraction of sp³-hybridized carbons (Fsp3) is 0.348. The van der Waals surface area contributed by atoms with Gasteiger partial charge in [0.25, 0.3) is 0 Å². The first-order valence-electron chi connectivity index (χ1n) is 9.87. The highest BCUT2D eigenvalue weighted by molar-refractivity contribution is 7.98. The molecule has 6 heteroatoms. The van der Waals surface area contributed by atoms with E-state index in [2.05, 4.69) is 77.9 Å². The summed E-state index contributed by atoms with van der Waals surface area (Å²) in [5, 5.41) is 12.8. The molecular weight excluding hydrogens is 380 g/mol. The summed E-state index contributed by atoms with van der Waals surface area (Å²) in [5.74, 6) is 1.46. The second-order valence-corrected chi connectivity index (χ2v) is 8.55. The number of hydrogen-bond acceptors (Lipinski definition) is 4. The zero-order chi connectivity index (χ0) is 21.0. The van der Waals surface area contributed by atoms with Gasteiger partial charge in [0.05, 0.1) is 6.04 Å². The van der Waals surface area contributed by atoms with Crippen molar-refractivity contribution in [1.29, 1.82) is 0 Å². The minimum Gasteiger partial charge on any atom is -0.346 e. The molecule has 0 radical (unpaired) electrons. The van der Waals surface area contributed by atoms with Gasteiger partial charge in [0, 0.05) is 17.4 Å². The maximum absolute atomic E-state index is 12.2. The van der Waals surface area contributed by atoms with Crippen molar-refractivity contribution >= 4 is 17.7 Å². The van der Waals surface area contributed by atoms with Crippen LogP contribution in [0.3, 0.4) is 0 Å². The first-order chi connectivity index (χ1) is 13.9. The molecule has 1 atom stereocenters. The first-order valence-corrected chi connectivity index (χ1v) is 10.9. The van der Waals surface area contributed by atoms with E-state index in [4.69, 9.17) is 0 Å². The van der Waals surface area contributed by atoms with Crippen LogP contribution in [0.15, 0.2) is 53.7 Å². The zero-order valence-corrected chi connectivity index (χ0v) is 18.5. The van der Waals surface area contributed by atoms with E-state index in [-0.39, 0.29) is 17.9 Å². The third kappa shape index (κ3) is 5.07. The van der Waals surface area contributed by atoms with E-state index < -0.39 is 0 Å². The number of aromatic nitrogens is 3. The number of nitrogens with one attached hydrogen (secondary N) is 1. The molecule has 29 heavy (non-hydrogen) atoms. The van der Waals surface area contributed by atoms with Crippen LogP contribution in [0.5, 0.6) is 0 Å². The highest BCUT2D eigenvalue weighted by Gasteiger charge is 2.22. The minimum atomic E-state index is -0.244. The highest BCUT2D eigenvalue weighted by Crippen LogP contribution is 2.28. The van der Waals surface area contributed by atoms with Crippen molar-refractivity contribution in [3.05, 3.63) is 71.0 Å². The Bertz CT molecular complexity index is 979. The van der Waals surface area contributed by atoms with Gasteiger partial charge in [-0.2, -0.15) is 0 Å². The van der Waals surface area contributed by atoms with Gasteiger partial charge in [0.2, 0.25) is 5.91 Å². The Balaban J connectivity index is 1.93. The molecule has 152 valence electrons. The molecule has 0 saturated heterocycles. The molecule has 0 aliphatic rings. The number of amides is 1. The van der Waals surface area contributed by atoms with Crippen molar-refractivity contribution in [3.63, 3.8) is 0 Å². The van der Waals surface area contributed by atoms with E-state index in [0.717, 1.165) is 22.4 Å². The minimum absolute atomic E-state index is 0.00469. The van der Waals surface area contributed by atoms with Gasteiger partial charge in [-0.25, -0.2) is 0 Å². The Hall–Kier alpha value is -2.60. The van der Waals surface area contributed by atoms with Gasteiger partial charge in [0.1, 0.15) is 0 Å². The number of hydrogen-bond donors (Lipinski definition) is 1. The molecule has 1 heterocycles. The van der Waals surface area contributed by atoms with Crippen LogP contribution in [0.2, 0.25) is 0 Å². The summed E-state index contributed by atoms with van der Waals surface area (Å²) in [5.41, 5.74) is 4.73. The van der Waals surface area contributed by atoms with E-state index in [9.17, 15) is 4.79 Å². The van der Waals surface area contributed by atoms with Crippen molar-refractivity contribution in [2.24, 2.45) is 5.92 Å². The van der Waals surface area contributed by atoms with E-state index in [1.165, 1.54) is 16.7 Å². The third-order valence-electron chi connectivity index (χ3n) is 4.84. The molecule has 2 aromatic carbocycles. The lowest BCUT2D eigenvalue weighted by Crippen LogP contribution is -2.31. The van der Waals surface area contributed by atoms with E-state index in [0.29, 0.717) is 0 Å². The normalized spacial score (nSPS) is 12.2. The maximum atomic E-state index is 12.2. The van der Waals surface area contributed by atoms with E-state index >= 15 is 0 Å². The van der Waals surface area contributed by atoms with Gasteiger partial charge < -0.3 is 5.32 Å². The molecule has 5 nitrogen and oxygen atoms in total. The number of nitrogens with zero attached hydrogens (tertiary/aromatic N) is 3. The van der Waals surface area contributed by atoms with E-state index in [1.54, 1.807) is 11.8 Å². The maximum Gasteiger partial charge on any atom is 0.223 e. The molecule has 1 N–H and O–H groups in total. The van der Waals surface area contributed by atoms with Gasteiger partial charge in [0.15, 0.2) is 11.0 Å². The van der Waals surface area contributed by atoms with Gasteiger partial charge in [-0.1, -0.05) is 67.6 Å². The summed E-state index contributed by atoms with van der Waals surface area (Å²) in [4.78, 5) is 12.2. The Morgan fingerprint density at radius 1 is 1.03 bits per heavy atom. The van der Waals surface area contributed by atoms with Crippen LogP contribution in [-0.4, -0.2) is 20.7 Å². The molecule has 0 aliphatic carbocycles. The quantitative estimate of drug-likeness (QED) is 0.558. The Morgan fingerprint density at radius 2 is 1.72 bits per heavy atom. The lowest BCUT2D eigenvalue weighted by molar-refractivity contribution is -0.124. The second-order valence-electron chi connectivity index (χ2n) is 7.61. The smallest absolute Gasteiger partial charge is 0.223 e. The standard InChI is InChI=1S/C23H28N4OS/c1-15(2)22(28)24-18(5)21-25-26-23(27(21)20-12-10-16(3)11-13-20)29-14-19-9-7-6-8-17(19)4/h6-13,15,18H,14H2,1-5H3,(H,24,28)/t18-/m0/s1. The van der Waals surface area contributed by atoms with Crippen LogP contribution in [0.4, 0.5) is 0 Å². The molecule has 1 aromatic heterocycles. The molecule has 1 amide bonds. The first kappa shape index (κ1) is 21.1. The van der Waals surface area contributed by atoms with Crippen molar-refractivity contribution in [2.45, 2.75) is 51.6 Å². The van der Waals surface area contributed by atoms with Crippen LogP contribution in [0, 0.1) is 19.8 Å². The SMILES string of the molecule is Cc1ccc(-n2c(SCc3ccccc3C)nnc2[C@H](C)NC(=O)C(C)C)cc1. The number of rotatable bonds is 7. The van der Waals surface area contributed by atoms with Gasteiger partial charge in [-0.05, 0) is 44.0 Å². The molecule has 0 spiro atoms. The number of benzene rings is 2. The number of carbonyl (C=O) groups excluding carboxylic acids is 1. The molecule has 0 aliphatic heterocycles. The molecule has 3 aromatic rings. The lowest BCUT2D eigenvalue weighted by Gasteiger charge is -2.17. The van der Waals surface area contributed by atoms with Crippen LogP contribution >= 0.6 is 11.8 Å². The Kier molecular flexibility index (Phi) is 6.75. The Labute approximate surface area is 176 Å². The summed E-state index contributed by atoms with van der Waals surface area (Å²) < 4.78 is 2.05. The third-order valence-corrected chi connectivity index (χ3v) is 5.82. The lowest BCUT2D eigenvalue weighted by atomic mass is 10.1. The highest BCUT2D eigenvalue weighted by atomic mass is 32.2. The van der Waals surface area contributed by atoms with Crippen molar-refractivity contribution in [2.75, 3.05) is 0 Å². The second kappa shape index (κ2) is 9.27. The monoisotopic (exact) mass is 408 g/mol. The average Bonchev–Trinajstić information content (AvgIpc) is 3.12. The number of carbonyl (C=O) groups is 1. The van der Waals surface area contributed by atoms with E-state index in [1.807, 2.05) is 25.3 Å². The Morgan fingerprint density at radius 3 is 2.38 bits per heavy atom. The molecule has 0 saturated carbocycles. The van der Waals surface area contributed by atoms with Crippen molar-refractivity contribution < 1.29 is 4.79 Å². The van der Waals surface area contributed by atoms with Gasteiger partial charge >= 0.3 is 0 Å². The topological polar surface area (TPSA) is 59.8 Å². The summed E-state index contributed by atoms with van der Waals surface area (Å²) in [6.07, 6.45) is 0. The van der Waals surface area contributed by atoms with Crippen LogP contribution in [0.25, 0.3) is 5.69 Å². The predicted octanol–water partition coefficient (Wildman–Crippen LogP) is 5.01. The molecule has 0 fully saturated rings. The van der Waals surface area contributed by atoms with Gasteiger partial charge in [-0.15, -0.1) is 10.2 Å². The fourth-order valence-electron chi connectivity index (χ4n) is 2.95. The largest absolute Gasteiger partial charge is 0.346 e. The van der Waals surface area contributed by atoms with Crippen LogP contribution < -0.4 is 5.32 Å². The molecule has 3 rings (SSSR count).